The molecule has 1 aliphatic carbocycles. The van der Waals surface area contributed by atoms with Crippen molar-refractivity contribution in [1.29, 1.82) is 0 Å². The van der Waals surface area contributed by atoms with Crippen LogP contribution in [0, 0.1) is 11.8 Å². The number of carbonyl (C=O) groups excluding carboxylic acids is 3. The van der Waals surface area contributed by atoms with Crippen molar-refractivity contribution in [3.63, 3.8) is 0 Å². The molecule has 240 valence electrons. The Morgan fingerprint density at radius 1 is 1.25 bits per heavy atom. The number of benzene rings is 1. The average molecular weight is 632 g/mol. The van der Waals surface area contributed by atoms with Crippen LogP contribution >= 0.6 is 0 Å². The number of amides is 3. The Kier molecular flexibility index (Phi) is 7.40. The lowest BCUT2D eigenvalue weighted by Crippen LogP contribution is -2.70. The highest BCUT2D eigenvalue weighted by molar-refractivity contribution is 7.85. The highest BCUT2D eigenvalue weighted by Gasteiger charge is 2.71. The summed E-state index contributed by atoms with van der Waals surface area (Å²) in [5.74, 6) is -3.64. The molecule has 3 amide bonds. The number of piperidine rings is 1. The van der Waals surface area contributed by atoms with Crippen molar-refractivity contribution in [2.24, 2.45) is 11.8 Å². The Labute approximate surface area is 256 Å². The first kappa shape index (κ1) is 31.0. The lowest BCUT2D eigenvalue weighted by atomic mass is 9.72. The zero-order valence-corrected chi connectivity index (χ0v) is 26.4. The third-order valence-electron chi connectivity index (χ3n) is 10.1. The second kappa shape index (κ2) is 10.5. The molecule has 0 radical (unpaired) electrons. The number of rotatable bonds is 3. The summed E-state index contributed by atoms with van der Waals surface area (Å²) in [6.07, 6.45) is 5.66. The van der Waals surface area contributed by atoms with Crippen molar-refractivity contribution >= 4 is 38.7 Å². The summed E-state index contributed by atoms with van der Waals surface area (Å²) >= 11 is 0. The first-order chi connectivity index (χ1) is 20.6. The van der Waals surface area contributed by atoms with Crippen LogP contribution in [0.4, 0.5) is 0 Å². The maximum absolute atomic E-state index is 14.0. The molecule has 1 aromatic heterocycles. The minimum absolute atomic E-state index is 0.182. The molecule has 14 heteroatoms. The van der Waals surface area contributed by atoms with Crippen molar-refractivity contribution in [1.82, 2.24) is 25.0 Å². The monoisotopic (exact) mass is 631 g/mol. The predicted molar refractivity (Wildman–Crippen MR) is 160 cm³/mol. The minimum atomic E-state index is -3.67. The summed E-state index contributed by atoms with van der Waals surface area (Å²) in [7, 11) is -1.60. The molecule has 0 unspecified atom stereocenters. The van der Waals surface area contributed by atoms with Crippen molar-refractivity contribution < 1.29 is 37.2 Å². The van der Waals surface area contributed by atoms with Gasteiger partial charge in [0.1, 0.15) is 12.1 Å². The highest BCUT2D eigenvalue weighted by Crippen LogP contribution is 2.48. The molecule has 7 rings (SSSR count). The third-order valence-corrected chi connectivity index (χ3v) is 10.1. The van der Waals surface area contributed by atoms with Crippen LogP contribution in [0.5, 0.6) is 0 Å². The number of ether oxygens (including phenoxy) is 1. The number of carbonyl (C=O) groups is 3. The third kappa shape index (κ3) is 4.73. The molecule has 2 aromatic rings. The summed E-state index contributed by atoms with van der Waals surface area (Å²) < 4.78 is 32.2. The molecule has 1 aromatic carbocycles. The largest absolute Gasteiger partial charge is 0.361 e. The van der Waals surface area contributed by atoms with E-state index in [-0.39, 0.29) is 23.7 Å². The quantitative estimate of drug-likeness (QED) is 0.361. The van der Waals surface area contributed by atoms with Gasteiger partial charge in [0.2, 0.25) is 17.5 Å². The lowest BCUT2D eigenvalue weighted by Gasteiger charge is -2.47. The molecule has 0 bridgehead atoms. The van der Waals surface area contributed by atoms with Crippen LogP contribution in [0.3, 0.4) is 0 Å². The smallest absolute Gasteiger partial charge is 0.281 e. The maximum atomic E-state index is 14.0. The number of nitrogens with one attached hydrogen (secondary N) is 2. The zero-order valence-electron chi connectivity index (χ0n) is 25.6. The number of aliphatic hydroxyl groups is 1. The summed E-state index contributed by atoms with van der Waals surface area (Å²) in [4.78, 5) is 49.6. The van der Waals surface area contributed by atoms with Gasteiger partial charge in [-0.2, -0.15) is 8.42 Å². The zero-order chi connectivity index (χ0) is 31.9. The van der Waals surface area contributed by atoms with Gasteiger partial charge in [0.15, 0.2) is 0 Å². The number of piperazine rings is 1. The summed E-state index contributed by atoms with van der Waals surface area (Å²) in [6.45, 7) is 6.31. The molecule has 5 aliphatic rings. The highest BCUT2D eigenvalue weighted by atomic mass is 32.2. The fourth-order valence-corrected chi connectivity index (χ4v) is 8.11. The van der Waals surface area contributed by atoms with E-state index in [0.717, 1.165) is 18.4 Å². The molecule has 13 nitrogen and oxygen atoms in total. The fourth-order valence-electron chi connectivity index (χ4n) is 8.11. The van der Waals surface area contributed by atoms with E-state index in [9.17, 15) is 27.9 Å². The van der Waals surface area contributed by atoms with Gasteiger partial charge in [-0.05, 0) is 56.8 Å². The van der Waals surface area contributed by atoms with Gasteiger partial charge in [0.05, 0.1) is 12.2 Å². The molecule has 4 fully saturated rings. The molecule has 0 spiro atoms. The van der Waals surface area contributed by atoms with Gasteiger partial charge < -0.3 is 25.2 Å². The van der Waals surface area contributed by atoms with Crippen molar-refractivity contribution in [3.05, 3.63) is 35.5 Å². The standard InChI is InChI=1S/C29H37N5O5.CH4O3S/c1-15(2)28(27(37)34-16(3)26(36)33-10-6-9-23(33)29(34,38)39-28)31-25(35)18-11-20-19-7-5-8-21-24(19)17(13-30-21)12-22(20)32(4)14-18;1-5(2,3)4/h5,7-8,13,15-16,18,20,22-23,30,38H,6,9-12,14H2,1-4H3,(H,31,35);1H3,(H,2,3,4)/t16-,18+,20+,22+,23-,28+,29-;/m0./s1. The van der Waals surface area contributed by atoms with E-state index in [1.807, 2.05) is 0 Å². The van der Waals surface area contributed by atoms with Crippen LogP contribution in [0.25, 0.3) is 10.9 Å². The number of H-pyrrole nitrogens is 1. The van der Waals surface area contributed by atoms with E-state index in [2.05, 4.69) is 46.6 Å². The number of likely N-dealkylation sites (tertiary alicyclic amines) is 1. The Morgan fingerprint density at radius 2 is 1.95 bits per heavy atom. The Morgan fingerprint density at radius 3 is 2.64 bits per heavy atom. The van der Waals surface area contributed by atoms with Crippen LogP contribution in [0.2, 0.25) is 0 Å². The normalized spacial score (nSPS) is 34.9. The number of aromatic nitrogens is 1. The number of nitrogens with zero attached hydrogens (tertiary/aromatic N) is 3. The number of likely N-dealkylation sites (N-methyl/N-ethyl adjacent to an activating group) is 1. The van der Waals surface area contributed by atoms with Gasteiger partial charge >= 0.3 is 0 Å². The van der Waals surface area contributed by atoms with E-state index in [4.69, 9.17) is 9.29 Å². The maximum Gasteiger partial charge on any atom is 0.281 e. The van der Waals surface area contributed by atoms with E-state index < -0.39 is 45.7 Å². The van der Waals surface area contributed by atoms with Gasteiger partial charge in [-0.25, -0.2) is 0 Å². The first-order valence-electron chi connectivity index (χ1n) is 15.2. The number of hydrogen-bond acceptors (Lipinski definition) is 8. The summed E-state index contributed by atoms with van der Waals surface area (Å²) in [5.41, 5.74) is 1.94. The van der Waals surface area contributed by atoms with Crippen LogP contribution < -0.4 is 5.32 Å². The lowest BCUT2D eigenvalue weighted by molar-refractivity contribution is -0.320. The number of hydrogen-bond donors (Lipinski definition) is 4. The average Bonchev–Trinajstić information content (AvgIpc) is 3.65. The summed E-state index contributed by atoms with van der Waals surface area (Å²) in [5, 5.41) is 16.1. The van der Waals surface area contributed by atoms with Crippen LogP contribution in [0.1, 0.15) is 57.1 Å². The van der Waals surface area contributed by atoms with E-state index in [1.165, 1.54) is 21.4 Å². The van der Waals surface area contributed by atoms with Crippen LogP contribution in [0.15, 0.2) is 24.4 Å². The Bertz CT molecular complexity index is 1620. The van der Waals surface area contributed by atoms with Crippen molar-refractivity contribution in [3.8, 4) is 0 Å². The molecule has 4 aliphatic heterocycles. The molecule has 0 saturated carbocycles. The van der Waals surface area contributed by atoms with Crippen LogP contribution in [-0.4, -0.2) is 112 Å². The molecule has 4 saturated heterocycles. The van der Waals surface area contributed by atoms with E-state index >= 15 is 0 Å². The fraction of sp³-hybridized carbons (Fsp3) is 0.633. The van der Waals surface area contributed by atoms with E-state index in [1.54, 1.807) is 25.7 Å². The SMILES string of the molecule is CC(C)[C@@]1(NC(=O)[C@@H]2C[C@@H]3c4cccc5[nH]cc(c45)C[C@H]3N(C)C2)O[C@@]2(O)[C@@H]3CCCN3C(=O)[C@H](C)N2C1=O.CS(=O)(=O)O. The minimum Gasteiger partial charge on any atom is -0.361 e. The Hall–Kier alpha value is -3.04. The molecule has 4 N–H and O–H groups in total. The van der Waals surface area contributed by atoms with Crippen molar-refractivity contribution in [2.75, 3.05) is 26.4 Å². The Balaban J connectivity index is 0.000000637. The molecular weight excluding hydrogens is 590 g/mol. The van der Waals surface area contributed by atoms with Crippen molar-refractivity contribution in [2.45, 2.75) is 82.1 Å². The van der Waals surface area contributed by atoms with Crippen LogP contribution in [-0.2, 0) is 35.7 Å². The second-order valence-corrected chi connectivity index (χ2v) is 14.7. The van der Waals surface area contributed by atoms with Gasteiger partial charge in [-0.1, -0.05) is 26.0 Å². The number of fused-ring (bicyclic) bond motifs is 5. The molecular formula is C30H41N5O8S. The molecule has 7 atom stereocenters. The van der Waals surface area contributed by atoms with Gasteiger partial charge in [0.25, 0.3) is 21.9 Å². The summed E-state index contributed by atoms with van der Waals surface area (Å²) in [6, 6.07) is 5.08. The first-order valence-corrected chi connectivity index (χ1v) is 17.0. The number of aromatic amines is 1. The molecule has 5 heterocycles. The topological polar surface area (TPSA) is 173 Å². The van der Waals surface area contributed by atoms with E-state index in [0.29, 0.717) is 38.2 Å². The van der Waals surface area contributed by atoms with Gasteiger partial charge in [-0.15, -0.1) is 0 Å². The predicted octanol–water partition coefficient (Wildman–Crippen LogP) is 0.998. The second-order valence-electron chi connectivity index (χ2n) is 13.2. The van der Waals surface area contributed by atoms with Gasteiger partial charge in [0, 0.05) is 48.1 Å². The molecule has 44 heavy (non-hydrogen) atoms. The van der Waals surface area contributed by atoms with Gasteiger partial charge in [-0.3, -0.25) is 28.6 Å².